The van der Waals surface area contributed by atoms with Crippen LogP contribution < -0.4 is 10.9 Å². The first kappa shape index (κ1) is 13.4. The van der Waals surface area contributed by atoms with Gasteiger partial charge in [-0.1, -0.05) is 26.2 Å². The number of unbranched alkanes of at least 4 members (excludes halogenated alkanes) is 2. The average Bonchev–Trinajstić information content (AvgIpc) is 2.29. The van der Waals surface area contributed by atoms with E-state index in [9.17, 15) is 9.59 Å². The highest BCUT2D eigenvalue weighted by molar-refractivity contribution is 5.93. The Kier molecular flexibility index (Phi) is 5.39. The number of rotatable bonds is 6. The summed E-state index contributed by atoms with van der Waals surface area (Å²) in [6, 6.07) is 1.37. The number of hydrogen-bond acceptors (Lipinski definition) is 3. The van der Waals surface area contributed by atoms with Crippen LogP contribution in [0.15, 0.2) is 17.1 Å². The van der Waals surface area contributed by atoms with E-state index in [1.54, 1.807) is 0 Å². The summed E-state index contributed by atoms with van der Waals surface area (Å²) in [5.74, 6) is -0.243. The fraction of sp³-hybridized carbons (Fsp3) is 0.583. The number of aromatic nitrogens is 2. The third kappa shape index (κ3) is 4.80. The third-order valence-corrected chi connectivity index (χ3v) is 2.55. The maximum atomic E-state index is 11.7. The molecule has 0 saturated carbocycles. The number of H-pyrrole nitrogens is 1. The lowest BCUT2D eigenvalue weighted by Crippen LogP contribution is -2.33. The van der Waals surface area contributed by atoms with Crippen LogP contribution in [0.25, 0.3) is 0 Å². The molecule has 5 nitrogen and oxygen atoms in total. The quantitative estimate of drug-likeness (QED) is 0.736. The number of hydrogen-bond donors (Lipinski definition) is 2. The van der Waals surface area contributed by atoms with Gasteiger partial charge >= 0.3 is 0 Å². The molecule has 0 aliphatic rings. The van der Waals surface area contributed by atoms with Crippen molar-refractivity contribution in [1.82, 2.24) is 15.5 Å². The average molecular weight is 237 g/mol. The molecule has 1 atom stereocenters. The number of nitrogens with one attached hydrogen (secondary N) is 2. The molecule has 1 aromatic rings. The van der Waals surface area contributed by atoms with Gasteiger partial charge < -0.3 is 5.32 Å². The smallest absolute Gasteiger partial charge is 0.264 e. The summed E-state index contributed by atoms with van der Waals surface area (Å²) in [4.78, 5) is 22.7. The first-order valence-electron chi connectivity index (χ1n) is 5.99. The molecule has 1 aromatic heterocycles. The topological polar surface area (TPSA) is 74.8 Å². The molecule has 0 saturated heterocycles. The predicted octanol–water partition coefficient (Wildman–Crippen LogP) is 1.47. The standard InChI is InChI=1S/C12H19N3O2/c1-3-4-5-6-9(2)14-12(17)10-7-11(16)15-13-8-10/h7-9H,3-6H2,1-2H3,(H,14,17)(H,15,16)/t9-/m0/s1. The van der Waals surface area contributed by atoms with Crippen LogP contribution >= 0.6 is 0 Å². The number of amides is 1. The van der Waals surface area contributed by atoms with Gasteiger partial charge in [0.25, 0.3) is 11.5 Å². The lowest BCUT2D eigenvalue weighted by Gasteiger charge is -2.13. The van der Waals surface area contributed by atoms with Gasteiger partial charge in [-0.05, 0) is 13.3 Å². The van der Waals surface area contributed by atoms with Gasteiger partial charge in [0.05, 0.1) is 11.8 Å². The molecule has 1 rings (SSSR count). The summed E-state index contributed by atoms with van der Waals surface area (Å²) in [5.41, 5.74) is -0.0626. The van der Waals surface area contributed by atoms with E-state index in [1.807, 2.05) is 6.92 Å². The highest BCUT2D eigenvalue weighted by Crippen LogP contribution is 2.03. The second-order valence-corrected chi connectivity index (χ2v) is 4.20. The highest BCUT2D eigenvalue weighted by Gasteiger charge is 2.10. The molecule has 0 aliphatic carbocycles. The molecule has 0 unspecified atom stereocenters. The Balaban J connectivity index is 2.46. The summed E-state index contributed by atoms with van der Waals surface area (Å²) in [6.07, 6.45) is 5.75. The second kappa shape index (κ2) is 6.83. The van der Waals surface area contributed by atoms with Crippen LogP contribution in [0, 0.1) is 0 Å². The molecule has 0 aliphatic heterocycles. The minimum atomic E-state index is -0.365. The van der Waals surface area contributed by atoms with Crippen LogP contribution in [0.3, 0.4) is 0 Å². The minimum Gasteiger partial charge on any atom is -0.350 e. The van der Waals surface area contributed by atoms with Gasteiger partial charge in [0, 0.05) is 12.1 Å². The molecule has 0 radical (unpaired) electrons. The van der Waals surface area contributed by atoms with Crippen molar-refractivity contribution >= 4 is 5.91 Å². The van der Waals surface area contributed by atoms with E-state index >= 15 is 0 Å². The largest absolute Gasteiger partial charge is 0.350 e. The van der Waals surface area contributed by atoms with Crippen molar-refractivity contribution in [2.45, 2.75) is 45.6 Å². The fourth-order valence-corrected chi connectivity index (χ4v) is 1.58. The lowest BCUT2D eigenvalue weighted by atomic mass is 10.1. The molecular weight excluding hydrogens is 218 g/mol. The summed E-state index contributed by atoms with van der Waals surface area (Å²) in [5, 5.41) is 8.68. The molecule has 0 spiro atoms. The van der Waals surface area contributed by atoms with E-state index in [-0.39, 0.29) is 17.5 Å². The Bertz CT molecular complexity index is 414. The maximum Gasteiger partial charge on any atom is 0.264 e. The van der Waals surface area contributed by atoms with Crippen molar-refractivity contribution in [3.63, 3.8) is 0 Å². The molecule has 94 valence electrons. The maximum absolute atomic E-state index is 11.7. The van der Waals surface area contributed by atoms with E-state index in [1.165, 1.54) is 25.1 Å². The van der Waals surface area contributed by atoms with Crippen LogP contribution in [-0.2, 0) is 0 Å². The van der Waals surface area contributed by atoms with Gasteiger partial charge in [-0.25, -0.2) is 5.10 Å². The first-order valence-corrected chi connectivity index (χ1v) is 5.99. The fourth-order valence-electron chi connectivity index (χ4n) is 1.58. The van der Waals surface area contributed by atoms with Gasteiger partial charge in [-0.2, -0.15) is 5.10 Å². The van der Waals surface area contributed by atoms with Crippen LogP contribution in [0.1, 0.15) is 49.9 Å². The molecule has 5 heteroatoms. The minimum absolute atomic E-state index is 0.119. The zero-order valence-corrected chi connectivity index (χ0v) is 10.3. The summed E-state index contributed by atoms with van der Waals surface area (Å²) in [6.45, 7) is 4.11. The number of aromatic amines is 1. The van der Waals surface area contributed by atoms with Crippen LogP contribution in [-0.4, -0.2) is 22.1 Å². The Morgan fingerprint density at radius 3 is 2.94 bits per heavy atom. The highest BCUT2D eigenvalue weighted by atomic mass is 16.2. The molecule has 0 fully saturated rings. The normalized spacial score (nSPS) is 12.1. The molecule has 2 N–H and O–H groups in total. The zero-order valence-electron chi connectivity index (χ0n) is 10.3. The van der Waals surface area contributed by atoms with Crippen molar-refractivity contribution in [3.8, 4) is 0 Å². The molecule has 1 heterocycles. The monoisotopic (exact) mass is 237 g/mol. The molecule has 1 amide bonds. The lowest BCUT2D eigenvalue weighted by molar-refractivity contribution is 0.0937. The molecule has 17 heavy (non-hydrogen) atoms. The molecule has 0 bridgehead atoms. The zero-order chi connectivity index (χ0) is 12.7. The van der Waals surface area contributed by atoms with E-state index in [2.05, 4.69) is 22.4 Å². The Labute approximate surface area is 101 Å². The molecular formula is C12H19N3O2. The third-order valence-electron chi connectivity index (χ3n) is 2.55. The Morgan fingerprint density at radius 1 is 1.53 bits per heavy atom. The van der Waals surface area contributed by atoms with E-state index in [0.717, 1.165) is 12.8 Å². The number of carbonyl (C=O) groups excluding carboxylic acids is 1. The van der Waals surface area contributed by atoms with Gasteiger partial charge in [0.15, 0.2) is 0 Å². The number of carbonyl (C=O) groups is 1. The van der Waals surface area contributed by atoms with Crippen LogP contribution in [0.2, 0.25) is 0 Å². The second-order valence-electron chi connectivity index (χ2n) is 4.20. The summed E-state index contributed by atoms with van der Waals surface area (Å²) >= 11 is 0. The van der Waals surface area contributed by atoms with Gasteiger partial charge in [0.1, 0.15) is 0 Å². The molecule has 0 aromatic carbocycles. The van der Waals surface area contributed by atoms with Crippen molar-refractivity contribution in [2.75, 3.05) is 0 Å². The van der Waals surface area contributed by atoms with Crippen molar-refractivity contribution < 1.29 is 4.79 Å². The van der Waals surface area contributed by atoms with Crippen LogP contribution in [0.5, 0.6) is 0 Å². The van der Waals surface area contributed by atoms with Crippen molar-refractivity contribution in [1.29, 1.82) is 0 Å². The van der Waals surface area contributed by atoms with E-state index < -0.39 is 0 Å². The van der Waals surface area contributed by atoms with E-state index in [4.69, 9.17) is 0 Å². The Hall–Kier alpha value is -1.65. The Morgan fingerprint density at radius 2 is 2.29 bits per heavy atom. The van der Waals surface area contributed by atoms with E-state index in [0.29, 0.717) is 5.56 Å². The van der Waals surface area contributed by atoms with Crippen molar-refractivity contribution in [2.24, 2.45) is 0 Å². The van der Waals surface area contributed by atoms with Gasteiger partial charge in [-0.15, -0.1) is 0 Å². The summed E-state index contributed by atoms with van der Waals surface area (Å²) in [7, 11) is 0. The van der Waals surface area contributed by atoms with Crippen LogP contribution in [0.4, 0.5) is 0 Å². The van der Waals surface area contributed by atoms with Gasteiger partial charge in [-0.3, -0.25) is 9.59 Å². The van der Waals surface area contributed by atoms with Gasteiger partial charge in [0.2, 0.25) is 0 Å². The first-order chi connectivity index (χ1) is 8.13. The number of nitrogens with zero attached hydrogens (tertiary/aromatic N) is 1. The summed E-state index contributed by atoms with van der Waals surface area (Å²) < 4.78 is 0. The predicted molar refractivity (Wildman–Crippen MR) is 65.9 cm³/mol. The SMILES string of the molecule is CCCCC[C@H](C)NC(=O)c1cn[nH]c(=O)c1. The van der Waals surface area contributed by atoms with Crippen molar-refractivity contribution in [3.05, 3.63) is 28.2 Å².